The molecule has 6 heteroatoms. The van der Waals surface area contributed by atoms with Crippen LogP contribution in [0.25, 0.3) is 5.65 Å². The molecule has 2 aromatic heterocycles. The van der Waals surface area contributed by atoms with Crippen molar-refractivity contribution in [2.45, 2.75) is 12.8 Å². The van der Waals surface area contributed by atoms with Crippen LogP contribution in [0.2, 0.25) is 0 Å². The largest absolute Gasteiger partial charge is 0.338 e. The first kappa shape index (κ1) is 15.8. The zero-order valence-electron chi connectivity index (χ0n) is 14.2. The Morgan fingerprint density at radius 1 is 1.24 bits per heavy atom. The standard InChI is InChI=1S/C19H21N5O/c1-13-7-8-24-18(22-13)16(10-21-24)19(25)23-11-15(9-20)17(12-23)14-5-3-2-4-6-14/h2-8,10,15,17H,9,11-12,20H2,1H3/t15-,17+/m1/s1. The van der Waals surface area contributed by atoms with Gasteiger partial charge in [0.05, 0.1) is 6.20 Å². The Hall–Kier alpha value is -2.73. The van der Waals surface area contributed by atoms with Crippen LogP contribution in [0.4, 0.5) is 0 Å². The zero-order chi connectivity index (χ0) is 17.4. The van der Waals surface area contributed by atoms with Gasteiger partial charge in [0.15, 0.2) is 5.65 Å². The minimum atomic E-state index is -0.0232. The van der Waals surface area contributed by atoms with Crippen molar-refractivity contribution < 1.29 is 4.79 Å². The van der Waals surface area contributed by atoms with Crippen LogP contribution < -0.4 is 5.73 Å². The normalized spacial score (nSPS) is 20.3. The predicted molar refractivity (Wildman–Crippen MR) is 95.4 cm³/mol. The SMILES string of the molecule is Cc1ccn2ncc(C(=O)N3C[C@@H](CN)[C@H](c4ccccc4)C3)c2n1. The van der Waals surface area contributed by atoms with Crippen molar-refractivity contribution in [3.8, 4) is 0 Å². The van der Waals surface area contributed by atoms with Gasteiger partial charge in [-0.2, -0.15) is 5.10 Å². The van der Waals surface area contributed by atoms with Crippen LogP contribution in [-0.2, 0) is 0 Å². The quantitative estimate of drug-likeness (QED) is 0.792. The first-order valence-corrected chi connectivity index (χ1v) is 8.52. The summed E-state index contributed by atoms with van der Waals surface area (Å²) < 4.78 is 1.64. The summed E-state index contributed by atoms with van der Waals surface area (Å²) in [7, 11) is 0. The molecule has 25 heavy (non-hydrogen) atoms. The van der Waals surface area contributed by atoms with Crippen molar-refractivity contribution >= 4 is 11.6 Å². The summed E-state index contributed by atoms with van der Waals surface area (Å²) in [5.74, 6) is 0.513. The number of aryl methyl sites for hydroxylation is 1. The van der Waals surface area contributed by atoms with E-state index in [0.29, 0.717) is 30.8 Å². The first-order valence-electron chi connectivity index (χ1n) is 8.52. The number of likely N-dealkylation sites (tertiary alicyclic amines) is 1. The summed E-state index contributed by atoms with van der Waals surface area (Å²) in [6.45, 7) is 3.81. The van der Waals surface area contributed by atoms with Gasteiger partial charge in [0.1, 0.15) is 5.56 Å². The van der Waals surface area contributed by atoms with E-state index in [9.17, 15) is 4.79 Å². The van der Waals surface area contributed by atoms with Crippen LogP contribution in [0.1, 0.15) is 27.5 Å². The van der Waals surface area contributed by atoms with Gasteiger partial charge in [0, 0.05) is 30.9 Å². The molecule has 1 aliphatic rings. The highest BCUT2D eigenvalue weighted by Crippen LogP contribution is 2.33. The number of fused-ring (bicyclic) bond motifs is 1. The van der Waals surface area contributed by atoms with Gasteiger partial charge >= 0.3 is 0 Å². The lowest BCUT2D eigenvalue weighted by atomic mass is 9.89. The number of carbonyl (C=O) groups is 1. The van der Waals surface area contributed by atoms with Crippen molar-refractivity contribution in [1.29, 1.82) is 0 Å². The summed E-state index contributed by atoms with van der Waals surface area (Å²) >= 11 is 0. The molecule has 1 amide bonds. The molecule has 0 bridgehead atoms. The molecule has 1 aliphatic heterocycles. The van der Waals surface area contributed by atoms with E-state index in [4.69, 9.17) is 5.73 Å². The van der Waals surface area contributed by atoms with Gasteiger partial charge in [-0.25, -0.2) is 9.50 Å². The van der Waals surface area contributed by atoms with Crippen molar-refractivity contribution in [1.82, 2.24) is 19.5 Å². The minimum absolute atomic E-state index is 0.0232. The number of nitrogens with zero attached hydrogens (tertiary/aromatic N) is 4. The van der Waals surface area contributed by atoms with Crippen LogP contribution in [0.15, 0.2) is 48.8 Å². The number of benzene rings is 1. The number of amides is 1. The Labute approximate surface area is 146 Å². The minimum Gasteiger partial charge on any atom is -0.338 e. The van der Waals surface area contributed by atoms with Crippen LogP contribution >= 0.6 is 0 Å². The summed E-state index contributed by atoms with van der Waals surface area (Å²) in [5.41, 5.74) is 9.25. The van der Waals surface area contributed by atoms with Crippen LogP contribution in [0, 0.1) is 12.8 Å². The number of aromatic nitrogens is 3. The van der Waals surface area contributed by atoms with Gasteiger partial charge in [0.25, 0.3) is 5.91 Å². The average Bonchev–Trinajstić information content (AvgIpc) is 3.25. The van der Waals surface area contributed by atoms with Crippen LogP contribution in [0.5, 0.6) is 0 Å². The molecule has 2 N–H and O–H groups in total. The fraction of sp³-hybridized carbons (Fsp3) is 0.316. The molecule has 0 radical (unpaired) electrons. The Morgan fingerprint density at radius 3 is 2.80 bits per heavy atom. The molecular weight excluding hydrogens is 314 g/mol. The lowest BCUT2D eigenvalue weighted by Gasteiger charge is -2.16. The number of nitrogens with two attached hydrogens (primary N) is 1. The third kappa shape index (κ3) is 2.78. The van der Waals surface area contributed by atoms with E-state index in [1.165, 1.54) is 5.56 Å². The Bertz CT molecular complexity index is 905. The lowest BCUT2D eigenvalue weighted by molar-refractivity contribution is 0.0788. The molecule has 4 rings (SSSR count). The number of hydrogen-bond acceptors (Lipinski definition) is 4. The molecule has 1 fully saturated rings. The molecule has 1 saturated heterocycles. The zero-order valence-corrected chi connectivity index (χ0v) is 14.2. The van der Waals surface area contributed by atoms with E-state index in [1.54, 1.807) is 10.7 Å². The third-order valence-corrected chi connectivity index (χ3v) is 5.00. The second-order valence-electron chi connectivity index (χ2n) is 6.62. The number of rotatable bonds is 3. The highest BCUT2D eigenvalue weighted by molar-refractivity contribution is 5.99. The fourth-order valence-electron chi connectivity index (χ4n) is 3.63. The van der Waals surface area contributed by atoms with E-state index in [2.05, 4.69) is 22.2 Å². The topological polar surface area (TPSA) is 76.5 Å². The van der Waals surface area contributed by atoms with Gasteiger partial charge in [-0.1, -0.05) is 30.3 Å². The lowest BCUT2D eigenvalue weighted by Crippen LogP contribution is -2.29. The highest BCUT2D eigenvalue weighted by atomic mass is 16.2. The molecule has 3 heterocycles. The number of hydrogen-bond donors (Lipinski definition) is 1. The van der Waals surface area contributed by atoms with Crippen LogP contribution in [0.3, 0.4) is 0 Å². The van der Waals surface area contributed by atoms with E-state index in [-0.39, 0.29) is 17.7 Å². The van der Waals surface area contributed by atoms with Crippen molar-refractivity contribution in [3.05, 3.63) is 65.6 Å². The molecule has 1 aromatic carbocycles. The average molecular weight is 335 g/mol. The number of carbonyl (C=O) groups excluding carboxylic acids is 1. The molecule has 0 aliphatic carbocycles. The maximum absolute atomic E-state index is 13.1. The van der Waals surface area contributed by atoms with Gasteiger partial charge in [0.2, 0.25) is 0 Å². The van der Waals surface area contributed by atoms with Crippen molar-refractivity contribution in [2.75, 3.05) is 19.6 Å². The Kier molecular flexibility index (Phi) is 3.97. The second-order valence-corrected chi connectivity index (χ2v) is 6.62. The van der Waals surface area contributed by atoms with E-state index >= 15 is 0 Å². The third-order valence-electron chi connectivity index (χ3n) is 5.00. The van der Waals surface area contributed by atoms with Gasteiger partial charge in [-0.05, 0) is 31.0 Å². The first-order chi connectivity index (χ1) is 12.2. The molecule has 0 saturated carbocycles. The molecule has 0 unspecified atom stereocenters. The van der Waals surface area contributed by atoms with Crippen molar-refractivity contribution in [3.63, 3.8) is 0 Å². The summed E-state index contributed by atoms with van der Waals surface area (Å²) in [6, 6.07) is 12.2. The monoisotopic (exact) mass is 335 g/mol. The van der Waals surface area contributed by atoms with Gasteiger partial charge in [-0.3, -0.25) is 4.79 Å². The summed E-state index contributed by atoms with van der Waals surface area (Å²) in [5, 5.41) is 4.25. The molecule has 0 spiro atoms. The van der Waals surface area contributed by atoms with E-state index in [1.807, 2.05) is 42.3 Å². The molecule has 6 nitrogen and oxygen atoms in total. The molecular formula is C19H21N5O. The van der Waals surface area contributed by atoms with E-state index in [0.717, 1.165) is 5.69 Å². The maximum Gasteiger partial charge on any atom is 0.259 e. The molecule has 3 aromatic rings. The smallest absolute Gasteiger partial charge is 0.259 e. The van der Waals surface area contributed by atoms with Gasteiger partial charge in [-0.15, -0.1) is 0 Å². The van der Waals surface area contributed by atoms with Gasteiger partial charge < -0.3 is 10.6 Å². The Morgan fingerprint density at radius 2 is 2.04 bits per heavy atom. The predicted octanol–water partition coefficient (Wildman–Crippen LogP) is 1.85. The molecule has 2 atom stereocenters. The van der Waals surface area contributed by atoms with E-state index < -0.39 is 0 Å². The molecule has 128 valence electrons. The second kappa shape index (κ2) is 6.29. The Balaban J connectivity index is 1.63. The van der Waals surface area contributed by atoms with Crippen molar-refractivity contribution in [2.24, 2.45) is 11.7 Å². The fourth-order valence-corrected chi connectivity index (χ4v) is 3.63. The summed E-state index contributed by atoms with van der Waals surface area (Å²) in [6.07, 6.45) is 3.44. The summed E-state index contributed by atoms with van der Waals surface area (Å²) in [4.78, 5) is 19.4. The highest BCUT2D eigenvalue weighted by Gasteiger charge is 2.36. The maximum atomic E-state index is 13.1. The van der Waals surface area contributed by atoms with Crippen LogP contribution in [-0.4, -0.2) is 45.0 Å².